The summed E-state index contributed by atoms with van der Waals surface area (Å²) in [4.78, 5) is 56.8. The molecule has 4 aliphatic rings. The number of nitrogens with zero attached hydrogens (tertiary/aromatic N) is 3. The Morgan fingerprint density at radius 2 is 1.65 bits per heavy atom. The number of likely N-dealkylation sites (tertiary alicyclic amines) is 1. The number of hydrogen-bond acceptors (Lipinski definition) is 8. The maximum atomic E-state index is 13.3. The molecule has 236 valence electrons. The van der Waals surface area contributed by atoms with E-state index >= 15 is 0 Å². The summed E-state index contributed by atoms with van der Waals surface area (Å²) in [5, 5.41) is 2.75. The second-order valence-electron chi connectivity index (χ2n) is 13.5. The van der Waals surface area contributed by atoms with E-state index < -0.39 is 23.5 Å². The van der Waals surface area contributed by atoms with Crippen LogP contribution in [0, 0.1) is 5.92 Å². The number of benzene rings is 1. The molecule has 3 fully saturated rings. The molecule has 1 atom stereocenters. The van der Waals surface area contributed by atoms with E-state index in [-0.39, 0.29) is 29.2 Å². The number of amides is 4. The van der Waals surface area contributed by atoms with E-state index in [2.05, 4.69) is 24.1 Å². The highest BCUT2D eigenvalue weighted by Gasteiger charge is 2.45. The summed E-state index contributed by atoms with van der Waals surface area (Å²) in [5.41, 5.74) is -0.00516. The van der Waals surface area contributed by atoms with Gasteiger partial charge < -0.3 is 24.4 Å². The smallest absolute Gasteiger partial charge is 0.410 e. The van der Waals surface area contributed by atoms with Crippen LogP contribution in [0.5, 0.6) is 11.5 Å². The average molecular weight is 599 g/mol. The van der Waals surface area contributed by atoms with E-state index in [1.165, 1.54) is 7.11 Å². The summed E-state index contributed by atoms with van der Waals surface area (Å²) in [6.07, 6.45) is 4.49. The molecule has 11 nitrogen and oxygen atoms in total. The quantitative estimate of drug-likeness (QED) is 0.449. The molecule has 3 aliphatic heterocycles. The summed E-state index contributed by atoms with van der Waals surface area (Å²) in [5.74, 6) is 0.107. The Bertz CT molecular complexity index is 1240. The van der Waals surface area contributed by atoms with E-state index in [4.69, 9.17) is 14.2 Å². The number of imide groups is 1. The van der Waals surface area contributed by atoms with Crippen LogP contribution in [0.25, 0.3) is 0 Å². The van der Waals surface area contributed by atoms with Crippen molar-refractivity contribution in [3.8, 4) is 11.5 Å². The molecule has 0 aromatic heterocycles. The zero-order valence-corrected chi connectivity index (χ0v) is 26.3. The van der Waals surface area contributed by atoms with Crippen LogP contribution in [0.1, 0.15) is 93.9 Å². The number of ether oxygens (including phenoxy) is 3. The minimum atomic E-state index is -0.796. The van der Waals surface area contributed by atoms with Crippen LogP contribution < -0.4 is 14.8 Å². The summed E-state index contributed by atoms with van der Waals surface area (Å²) in [6, 6.07) is 3.11. The minimum absolute atomic E-state index is 0.0420. The van der Waals surface area contributed by atoms with Crippen molar-refractivity contribution in [2.75, 3.05) is 33.3 Å². The Morgan fingerprint density at radius 1 is 1.02 bits per heavy atom. The minimum Gasteiger partial charge on any atom is -0.493 e. The summed E-state index contributed by atoms with van der Waals surface area (Å²) < 4.78 is 17.4. The predicted octanol–water partition coefficient (Wildman–Crippen LogP) is 3.84. The number of nitrogens with one attached hydrogen (secondary N) is 1. The topological polar surface area (TPSA) is 118 Å². The van der Waals surface area contributed by atoms with Gasteiger partial charge in [-0.2, -0.15) is 0 Å². The van der Waals surface area contributed by atoms with Crippen molar-refractivity contribution in [3.63, 3.8) is 0 Å². The third-order valence-corrected chi connectivity index (χ3v) is 9.00. The normalized spacial score (nSPS) is 24.7. The maximum Gasteiger partial charge on any atom is 0.410 e. The highest BCUT2D eigenvalue weighted by Crippen LogP contribution is 2.40. The Kier molecular flexibility index (Phi) is 8.92. The Balaban J connectivity index is 1.18. The molecule has 1 aliphatic carbocycles. The Morgan fingerprint density at radius 3 is 2.21 bits per heavy atom. The van der Waals surface area contributed by atoms with Crippen LogP contribution in [0.3, 0.4) is 0 Å². The lowest BCUT2D eigenvalue weighted by Crippen LogP contribution is -2.54. The van der Waals surface area contributed by atoms with Crippen LogP contribution >= 0.6 is 0 Å². The molecule has 0 radical (unpaired) electrons. The molecule has 1 unspecified atom stereocenters. The second kappa shape index (κ2) is 12.3. The van der Waals surface area contributed by atoms with Gasteiger partial charge in [0.2, 0.25) is 5.91 Å². The van der Waals surface area contributed by atoms with Gasteiger partial charge >= 0.3 is 6.09 Å². The summed E-state index contributed by atoms with van der Waals surface area (Å²) in [6.45, 7) is 13.1. The third kappa shape index (κ3) is 6.61. The van der Waals surface area contributed by atoms with Crippen molar-refractivity contribution < 1.29 is 33.4 Å². The van der Waals surface area contributed by atoms with Crippen molar-refractivity contribution in [3.05, 3.63) is 23.3 Å². The molecule has 11 heteroatoms. The Labute approximate surface area is 254 Å². The first-order chi connectivity index (χ1) is 20.4. The van der Waals surface area contributed by atoms with Crippen LogP contribution in [0.4, 0.5) is 4.79 Å². The molecule has 0 bridgehead atoms. The summed E-state index contributed by atoms with van der Waals surface area (Å²) >= 11 is 0. The second-order valence-corrected chi connectivity index (χ2v) is 13.5. The van der Waals surface area contributed by atoms with Gasteiger partial charge in [0.15, 0.2) is 11.5 Å². The first kappa shape index (κ1) is 31.1. The van der Waals surface area contributed by atoms with Gasteiger partial charge in [-0.3, -0.25) is 24.2 Å². The van der Waals surface area contributed by atoms with Crippen molar-refractivity contribution in [2.45, 2.75) is 103 Å². The molecule has 1 saturated carbocycles. The van der Waals surface area contributed by atoms with Gasteiger partial charge in [-0.05, 0) is 78.4 Å². The van der Waals surface area contributed by atoms with Crippen LogP contribution in [0.15, 0.2) is 12.1 Å². The van der Waals surface area contributed by atoms with E-state index in [0.717, 1.165) is 37.1 Å². The number of fused-ring (bicyclic) bond motifs is 1. The molecular weight excluding hydrogens is 552 g/mol. The monoisotopic (exact) mass is 598 g/mol. The van der Waals surface area contributed by atoms with Gasteiger partial charge in [-0.15, -0.1) is 0 Å². The van der Waals surface area contributed by atoms with Gasteiger partial charge in [-0.25, -0.2) is 4.79 Å². The molecule has 4 amide bonds. The highest BCUT2D eigenvalue weighted by atomic mass is 16.6. The highest BCUT2D eigenvalue weighted by molar-refractivity contribution is 6.23. The standard InChI is InChI=1S/C32H46N4O7/c1-19(2)35(18-20-9-12-34(13-10-20)31(40)43-32(3,4)5)21-14-22(15-21)42-27-17-24-23(16-26(27)41-6)29(38)36(30(24)39)25-8-7-11-33-28(25)37/h16-17,19-22,25H,7-15,18H2,1-6H3,(H,33,37). The fourth-order valence-electron chi connectivity index (χ4n) is 6.59. The van der Waals surface area contributed by atoms with Crippen LogP contribution in [-0.4, -0.2) is 102 Å². The average Bonchev–Trinajstić information content (AvgIpc) is 3.17. The molecule has 1 aromatic carbocycles. The fraction of sp³-hybridized carbons (Fsp3) is 0.688. The van der Waals surface area contributed by atoms with Crippen molar-refractivity contribution in [1.29, 1.82) is 0 Å². The first-order valence-corrected chi connectivity index (χ1v) is 15.6. The largest absolute Gasteiger partial charge is 0.493 e. The lowest BCUT2D eigenvalue weighted by atomic mass is 9.85. The molecule has 1 aromatic rings. The van der Waals surface area contributed by atoms with Gasteiger partial charge in [0, 0.05) is 51.1 Å². The number of hydrogen-bond donors (Lipinski definition) is 1. The molecule has 0 spiro atoms. The zero-order chi connectivity index (χ0) is 31.1. The summed E-state index contributed by atoms with van der Waals surface area (Å²) in [7, 11) is 1.51. The Hall–Kier alpha value is -3.34. The van der Waals surface area contributed by atoms with Gasteiger partial charge in [0.1, 0.15) is 17.7 Å². The molecule has 3 heterocycles. The van der Waals surface area contributed by atoms with Crippen molar-refractivity contribution in [1.82, 2.24) is 20.0 Å². The molecule has 1 N–H and O–H groups in total. The number of carbonyl (C=O) groups excluding carboxylic acids is 4. The number of methoxy groups -OCH3 is 1. The maximum absolute atomic E-state index is 13.3. The zero-order valence-electron chi connectivity index (χ0n) is 26.3. The number of rotatable bonds is 8. The van der Waals surface area contributed by atoms with Gasteiger partial charge in [0.05, 0.1) is 18.2 Å². The molecule has 43 heavy (non-hydrogen) atoms. The number of piperidine rings is 2. The van der Waals surface area contributed by atoms with E-state index in [1.54, 1.807) is 12.1 Å². The first-order valence-electron chi connectivity index (χ1n) is 15.6. The van der Waals surface area contributed by atoms with E-state index in [1.807, 2.05) is 25.7 Å². The van der Waals surface area contributed by atoms with Crippen molar-refractivity contribution >= 4 is 23.8 Å². The lowest BCUT2D eigenvalue weighted by molar-refractivity contribution is -0.126. The molecule has 5 rings (SSSR count). The van der Waals surface area contributed by atoms with Gasteiger partial charge in [-0.1, -0.05) is 0 Å². The van der Waals surface area contributed by atoms with Gasteiger partial charge in [0.25, 0.3) is 11.8 Å². The van der Waals surface area contributed by atoms with E-state index in [9.17, 15) is 19.2 Å². The predicted molar refractivity (Wildman–Crippen MR) is 159 cm³/mol. The lowest BCUT2D eigenvalue weighted by Gasteiger charge is -2.46. The third-order valence-electron chi connectivity index (χ3n) is 9.00. The van der Waals surface area contributed by atoms with Crippen molar-refractivity contribution in [2.24, 2.45) is 5.92 Å². The van der Waals surface area contributed by atoms with E-state index in [0.29, 0.717) is 62.0 Å². The molecule has 2 saturated heterocycles. The SMILES string of the molecule is COc1cc2c(cc1OC1CC(N(CC3CCN(C(=O)OC(C)(C)C)CC3)C(C)C)C1)C(=O)N(C1CCCNC1=O)C2=O. The molecular formula is C32H46N4O7. The number of carbonyl (C=O) groups is 4. The van der Waals surface area contributed by atoms with Crippen LogP contribution in [-0.2, 0) is 9.53 Å². The fourth-order valence-corrected chi connectivity index (χ4v) is 6.59. The van der Waals surface area contributed by atoms with Crippen LogP contribution in [0.2, 0.25) is 0 Å².